The molecule has 1 aromatic carbocycles. The van der Waals surface area contributed by atoms with E-state index in [-0.39, 0.29) is 5.12 Å². The van der Waals surface area contributed by atoms with Crippen molar-refractivity contribution < 1.29 is 14.3 Å². The number of rotatable bonds is 5. The molecule has 0 atom stereocenters. The van der Waals surface area contributed by atoms with Gasteiger partial charge in [0.1, 0.15) is 10.1 Å². The Morgan fingerprint density at radius 2 is 2.14 bits per heavy atom. The van der Waals surface area contributed by atoms with Crippen LogP contribution in [0.4, 0.5) is 0 Å². The van der Waals surface area contributed by atoms with E-state index in [2.05, 4.69) is 4.99 Å². The number of carbonyl (C=O) groups excluding carboxylic acids is 1. The molecule has 1 aromatic rings. The zero-order chi connectivity index (χ0) is 15.2. The SMILES string of the molecule is CCOc1cc(C=C2N=C(SCC)SC2=O)ccc1OC. The second kappa shape index (κ2) is 7.56. The van der Waals surface area contributed by atoms with Crippen LogP contribution in [-0.4, -0.2) is 29.0 Å². The molecule has 0 radical (unpaired) electrons. The van der Waals surface area contributed by atoms with Gasteiger partial charge in [-0.25, -0.2) is 4.99 Å². The molecular formula is C15H17NO3S2. The van der Waals surface area contributed by atoms with Gasteiger partial charge in [-0.3, -0.25) is 4.79 Å². The number of nitrogens with zero attached hydrogens (tertiary/aromatic N) is 1. The Bertz CT molecular complexity index is 597. The number of ether oxygens (including phenoxy) is 2. The third kappa shape index (κ3) is 4.04. The minimum atomic E-state index is -0.0141. The molecule has 0 N–H and O–H groups in total. The van der Waals surface area contributed by atoms with Crippen LogP contribution in [-0.2, 0) is 4.79 Å². The zero-order valence-electron chi connectivity index (χ0n) is 12.2. The standard InChI is InChI=1S/C15H17NO3S2/c1-4-19-13-9-10(6-7-12(13)18-3)8-11-14(17)21-15(16-11)20-5-2/h6-9H,4-5H2,1-3H3. The Morgan fingerprint density at radius 3 is 2.81 bits per heavy atom. The molecule has 0 spiro atoms. The first kappa shape index (κ1) is 16.0. The summed E-state index contributed by atoms with van der Waals surface area (Å²) in [6.07, 6.45) is 1.78. The van der Waals surface area contributed by atoms with E-state index >= 15 is 0 Å². The lowest BCUT2D eigenvalue weighted by molar-refractivity contribution is -0.107. The van der Waals surface area contributed by atoms with Gasteiger partial charge in [0.2, 0.25) is 5.12 Å². The van der Waals surface area contributed by atoms with Gasteiger partial charge in [0.25, 0.3) is 0 Å². The molecule has 1 heterocycles. The molecule has 0 aliphatic carbocycles. The van der Waals surface area contributed by atoms with E-state index in [4.69, 9.17) is 9.47 Å². The summed E-state index contributed by atoms with van der Waals surface area (Å²) in [7, 11) is 1.60. The molecule has 1 aliphatic heterocycles. The van der Waals surface area contributed by atoms with Gasteiger partial charge < -0.3 is 9.47 Å². The minimum Gasteiger partial charge on any atom is -0.493 e. The third-order valence-corrected chi connectivity index (χ3v) is 4.55. The second-order valence-electron chi connectivity index (χ2n) is 4.07. The first-order chi connectivity index (χ1) is 10.2. The molecule has 0 saturated carbocycles. The number of thioether (sulfide) groups is 2. The van der Waals surface area contributed by atoms with Crippen molar-refractivity contribution in [1.82, 2.24) is 0 Å². The fourth-order valence-corrected chi connectivity index (χ4v) is 3.52. The fraction of sp³-hybridized carbons (Fsp3) is 0.333. The van der Waals surface area contributed by atoms with E-state index in [0.717, 1.165) is 15.7 Å². The maximum atomic E-state index is 11.9. The van der Waals surface area contributed by atoms with Crippen LogP contribution >= 0.6 is 23.5 Å². The predicted molar refractivity (Wildman–Crippen MR) is 90.3 cm³/mol. The summed E-state index contributed by atoms with van der Waals surface area (Å²) >= 11 is 2.77. The fourth-order valence-electron chi connectivity index (χ4n) is 1.78. The summed E-state index contributed by atoms with van der Waals surface area (Å²) in [6, 6.07) is 5.57. The van der Waals surface area contributed by atoms with Gasteiger partial charge in [0, 0.05) is 0 Å². The topological polar surface area (TPSA) is 47.9 Å². The van der Waals surface area contributed by atoms with Crippen LogP contribution < -0.4 is 9.47 Å². The summed E-state index contributed by atoms with van der Waals surface area (Å²) < 4.78 is 11.6. The van der Waals surface area contributed by atoms with Gasteiger partial charge in [-0.2, -0.15) is 0 Å². The monoisotopic (exact) mass is 323 g/mol. The number of carbonyl (C=O) groups is 1. The molecule has 112 valence electrons. The van der Waals surface area contributed by atoms with Crippen molar-refractivity contribution in [2.75, 3.05) is 19.5 Å². The first-order valence-corrected chi connectivity index (χ1v) is 8.44. The molecule has 0 saturated heterocycles. The van der Waals surface area contributed by atoms with E-state index in [1.165, 1.54) is 11.8 Å². The Labute approximate surface area is 133 Å². The summed E-state index contributed by atoms with van der Waals surface area (Å²) in [5.74, 6) is 2.25. The highest BCUT2D eigenvalue weighted by molar-refractivity contribution is 8.45. The normalized spacial score (nSPS) is 16.2. The van der Waals surface area contributed by atoms with Crippen molar-refractivity contribution in [2.24, 2.45) is 4.99 Å². The first-order valence-electron chi connectivity index (χ1n) is 6.64. The van der Waals surface area contributed by atoms with Crippen molar-refractivity contribution in [3.63, 3.8) is 0 Å². The molecule has 1 aliphatic rings. The van der Waals surface area contributed by atoms with Crippen LogP contribution in [0.1, 0.15) is 19.4 Å². The highest BCUT2D eigenvalue weighted by Crippen LogP contribution is 2.33. The van der Waals surface area contributed by atoms with Crippen LogP contribution in [0, 0.1) is 0 Å². The highest BCUT2D eigenvalue weighted by Gasteiger charge is 2.22. The molecule has 0 amide bonds. The van der Waals surface area contributed by atoms with Crippen molar-refractivity contribution in [3.8, 4) is 11.5 Å². The Balaban J connectivity index is 2.28. The molecular weight excluding hydrogens is 306 g/mol. The van der Waals surface area contributed by atoms with Gasteiger partial charge >= 0.3 is 0 Å². The van der Waals surface area contributed by atoms with Crippen molar-refractivity contribution in [1.29, 1.82) is 0 Å². The number of hydrogen-bond acceptors (Lipinski definition) is 6. The van der Waals surface area contributed by atoms with Crippen LogP contribution in [0.2, 0.25) is 0 Å². The lowest BCUT2D eigenvalue weighted by atomic mass is 10.1. The largest absolute Gasteiger partial charge is 0.493 e. The Hall–Kier alpha value is -1.40. The molecule has 0 aromatic heterocycles. The Kier molecular flexibility index (Phi) is 5.76. The smallest absolute Gasteiger partial charge is 0.244 e. The molecule has 2 rings (SSSR count). The van der Waals surface area contributed by atoms with Crippen LogP contribution in [0.25, 0.3) is 6.08 Å². The van der Waals surface area contributed by atoms with Gasteiger partial charge in [-0.1, -0.05) is 24.8 Å². The van der Waals surface area contributed by atoms with Crippen LogP contribution in [0.15, 0.2) is 28.9 Å². The molecule has 6 heteroatoms. The van der Waals surface area contributed by atoms with Crippen LogP contribution in [0.3, 0.4) is 0 Å². The second-order valence-corrected chi connectivity index (χ2v) is 6.55. The van der Waals surface area contributed by atoms with Crippen molar-refractivity contribution >= 4 is 39.1 Å². The van der Waals surface area contributed by atoms with Crippen molar-refractivity contribution in [2.45, 2.75) is 13.8 Å². The summed E-state index contributed by atoms with van der Waals surface area (Å²) in [6.45, 7) is 4.51. The summed E-state index contributed by atoms with van der Waals surface area (Å²) in [5.41, 5.74) is 1.35. The third-order valence-electron chi connectivity index (χ3n) is 2.66. The lowest BCUT2D eigenvalue weighted by Crippen LogP contribution is -1.96. The maximum absolute atomic E-state index is 11.9. The summed E-state index contributed by atoms with van der Waals surface area (Å²) in [5, 5.41) is -0.0141. The quantitative estimate of drug-likeness (QED) is 0.771. The summed E-state index contributed by atoms with van der Waals surface area (Å²) in [4.78, 5) is 16.3. The zero-order valence-corrected chi connectivity index (χ0v) is 13.8. The highest BCUT2D eigenvalue weighted by atomic mass is 32.2. The maximum Gasteiger partial charge on any atom is 0.244 e. The number of benzene rings is 1. The van der Waals surface area contributed by atoms with Crippen LogP contribution in [0.5, 0.6) is 11.5 Å². The molecule has 0 bridgehead atoms. The van der Waals surface area contributed by atoms with Gasteiger partial charge in [0.15, 0.2) is 11.5 Å². The van der Waals surface area contributed by atoms with E-state index in [9.17, 15) is 4.79 Å². The van der Waals surface area contributed by atoms with E-state index < -0.39 is 0 Å². The van der Waals surface area contributed by atoms with Gasteiger partial charge in [-0.05, 0) is 48.2 Å². The molecule has 4 nitrogen and oxygen atoms in total. The minimum absolute atomic E-state index is 0.0141. The predicted octanol–water partition coefficient (Wildman–Crippen LogP) is 3.82. The molecule has 0 fully saturated rings. The van der Waals surface area contributed by atoms with E-state index in [1.807, 2.05) is 32.0 Å². The molecule has 0 unspecified atom stereocenters. The number of aliphatic imine (C=N–C) groups is 1. The average molecular weight is 323 g/mol. The number of methoxy groups -OCH3 is 1. The van der Waals surface area contributed by atoms with Gasteiger partial charge in [-0.15, -0.1) is 0 Å². The molecule has 21 heavy (non-hydrogen) atoms. The van der Waals surface area contributed by atoms with Crippen molar-refractivity contribution in [3.05, 3.63) is 29.5 Å². The lowest BCUT2D eigenvalue weighted by Gasteiger charge is -2.09. The van der Waals surface area contributed by atoms with E-state index in [0.29, 0.717) is 23.8 Å². The average Bonchev–Trinajstić information content (AvgIpc) is 2.80. The Morgan fingerprint density at radius 1 is 1.33 bits per heavy atom. The van der Waals surface area contributed by atoms with Gasteiger partial charge in [0.05, 0.1) is 13.7 Å². The van der Waals surface area contributed by atoms with E-state index in [1.54, 1.807) is 24.9 Å². The number of hydrogen-bond donors (Lipinski definition) is 0.